The van der Waals surface area contributed by atoms with Gasteiger partial charge in [0.15, 0.2) is 11.6 Å². The molecule has 2 atom stereocenters. The summed E-state index contributed by atoms with van der Waals surface area (Å²) in [5.41, 5.74) is 1.75. The Labute approximate surface area is 219 Å². The molecule has 196 valence electrons. The van der Waals surface area contributed by atoms with Crippen molar-refractivity contribution in [3.8, 4) is 17.1 Å². The second-order valence-electron chi connectivity index (χ2n) is 10.7. The van der Waals surface area contributed by atoms with E-state index in [4.69, 9.17) is 4.98 Å². The summed E-state index contributed by atoms with van der Waals surface area (Å²) in [6, 6.07) is 11.2. The second kappa shape index (κ2) is 8.45. The van der Waals surface area contributed by atoms with Crippen LogP contribution >= 0.6 is 0 Å². The number of nitrogens with zero attached hydrogens (tertiary/aromatic N) is 6. The van der Waals surface area contributed by atoms with Crippen LogP contribution in [0.1, 0.15) is 55.4 Å². The average molecular weight is 537 g/mol. The van der Waals surface area contributed by atoms with Gasteiger partial charge in [0.25, 0.3) is 0 Å². The molecule has 4 aromatic rings. The van der Waals surface area contributed by atoms with Crippen molar-refractivity contribution in [3.63, 3.8) is 0 Å². The lowest BCUT2D eigenvalue weighted by molar-refractivity contribution is 0.242. The first-order chi connectivity index (χ1) is 18.0. The highest BCUT2D eigenvalue weighted by Crippen LogP contribution is 2.69. The van der Waals surface area contributed by atoms with Crippen LogP contribution in [0.4, 0.5) is 8.78 Å². The Morgan fingerprint density at radius 1 is 1.08 bits per heavy atom. The first kappa shape index (κ1) is 24.7. The molecule has 2 aliphatic carbocycles. The van der Waals surface area contributed by atoms with Gasteiger partial charge >= 0.3 is 0 Å². The van der Waals surface area contributed by atoms with Crippen molar-refractivity contribution in [2.75, 3.05) is 12.0 Å². The van der Waals surface area contributed by atoms with E-state index in [2.05, 4.69) is 34.1 Å². The number of sulfone groups is 1. The van der Waals surface area contributed by atoms with Crippen molar-refractivity contribution in [2.45, 2.75) is 44.4 Å². The number of hydrogen-bond donors (Lipinski definition) is 0. The van der Waals surface area contributed by atoms with Gasteiger partial charge in [0.2, 0.25) is 0 Å². The fourth-order valence-electron chi connectivity index (χ4n) is 6.34. The molecule has 1 saturated carbocycles. The summed E-state index contributed by atoms with van der Waals surface area (Å²) in [6.07, 6.45) is 4.63. The number of halogens is 2. The molecule has 0 aliphatic heterocycles. The molecular formula is C27H26F2N6O2S. The van der Waals surface area contributed by atoms with E-state index < -0.39 is 26.9 Å². The molecule has 6 rings (SSSR count). The van der Waals surface area contributed by atoms with Crippen LogP contribution in [-0.2, 0) is 21.7 Å². The molecule has 8 nitrogen and oxygen atoms in total. The molecule has 0 N–H and O–H groups in total. The smallest absolute Gasteiger partial charge is 0.155 e. The number of pyridine rings is 1. The highest BCUT2D eigenvalue weighted by Gasteiger charge is 2.65. The van der Waals surface area contributed by atoms with Gasteiger partial charge < -0.3 is 0 Å². The Morgan fingerprint density at radius 2 is 1.82 bits per heavy atom. The number of rotatable bonds is 6. The van der Waals surface area contributed by atoms with Gasteiger partial charge in [0.05, 0.1) is 33.8 Å². The highest BCUT2D eigenvalue weighted by atomic mass is 32.2. The maximum atomic E-state index is 14.5. The fraction of sp³-hybridized carbons (Fsp3) is 0.370. The van der Waals surface area contributed by atoms with Crippen LogP contribution < -0.4 is 0 Å². The predicted octanol–water partition coefficient (Wildman–Crippen LogP) is 4.19. The topological polar surface area (TPSA) is 104 Å². The summed E-state index contributed by atoms with van der Waals surface area (Å²) >= 11 is 0. The van der Waals surface area contributed by atoms with Crippen molar-refractivity contribution >= 4 is 9.84 Å². The molecule has 38 heavy (non-hydrogen) atoms. The van der Waals surface area contributed by atoms with Crippen LogP contribution in [-0.4, -0.2) is 50.4 Å². The Hall–Kier alpha value is -3.60. The minimum Gasteiger partial charge on any atom is -0.233 e. The number of aryl methyl sites for hydroxylation is 1. The number of benzene rings is 1. The highest BCUT2D eigenvalue weighted by molar-refractivity contribution is 7.90. The van der Waals surface area contributed by atoms with Gasteiger partial charge in [0.1, 0.15) is 27.8 Å². The minimum atomic E-state index is -3.13. The summed E-state index contributed by atoms with van der Waals surface area (Å²) < 4.78 is 53.6. The van der Waals surface area contributed by atoms with Gasteiger partial charge in [-0.2, -0.15) is 5.10 Å². The molecule has 2 bridgehead atoms. The molecule has 0 radical (unpaired) electrons. The van der Waals surface area contributed by atoms with E-state index in [1.165, 1.54) is 30.8 Å². The number of aromatic nitrogens is 6. The third-order valence-corrected chi connectivity index (χ3v) is 9.19. The summed E-state index contributed by atoms with van der Waals surface area (Å²) in [5, 5.41) is 13.3. The van der Waals surface area contributed by atoms with Crippen molar-refractivity contribution in [2.24, 2.45) is 5.41 Å². The number of fused-ring (bicyclic) bond motifs is 5. The maximum absolute atomic E-state index is 14.5. The van der Waals surface area contributed by atoms with E-state index in [9.17, 15) is 17.2 Å². The first-order valence-electron chi connectivity index (χ1n) is 12.4. The van der Waals surface area contributed by atoms with Crippen LogP contribution in [0.2, 0.25) is 0 Å². The Bertz CT molecular complexity index is 1670. The Morgan fingerprint density at radius 3 is 2.55 bits per heavy atom. The molecule has 0 unspecified atom stereocenters. The van der Waals surface area contributed by atoms with Crippen LogP contribution in [0, 0.1) is 17.0 Å². The quantitative estimate of drug-likeness (QED) is 0.364. The standard InChI is InChI=1S/C27H26F2N6O2S/c1-26(2)17-10-12-27(26,25-16(17)14-20(32-33-25)24-18(28)6-4-7-19(24)29)21-8-5-9-23(31-21)35-15-30-22(34-35)11-13-38(3,36)37/h4-9,14-15,17H,10-13H2,1-3H3/t17-,27+/m0/s1. The van der Waals surface area contributed by atoms with Gasteiger partial charge in [-0.15, -0.1) is 10.2 Å². The SMILES string of the molecule is CC1(C)[C@H]2CC[C@@]1(c1cccc(-n3cnc(CCS(C)(=O)=O)n3)n1)c1nnc(-c3c(F)cccc3F)cc12. The Balaban J connectivity index is 1.41. The van der Waals surface area contributed by atoms with Crippen LogP contribution in [0.15, 0.2) is 48.8 Å². The van der Waals surface area contributed by atoms with Crippen molar-refractivity contribution in [1.82, 2.24) is 29.9 Å². The molecule has 3 aromatic heterocycles. The third-order valence-electron chi connectivity index (χ3n) is 8.24. The van der Waals surface area contributed by atoms with E-state index in [1.54, 1.807) is 10.7 Å². The van der Waals surface area contributed by atoms with Gasteiger partial charge in [-0.05, 0) is 60.1 Å². The zero-order chi connectivity index (χ0) is 26.9. The van der Waals surface area contributed by atoms with Crippen LogP contribution in [0.5, 0.6) is 0 Å². The average Bonchev–Trinajstić information content (AvgIpc) is 3.50. The molecule has 1 aromatic carbocycles. The maximum Gasteiger partial charge on any atom is 0.155 e. The predicted molar refractivity (Wildman–Crippen MR) is 136 cm³/mol. The lowest BCUT2D eigenvalue weighted by Crippen LogP contribution is -2.38. The zero-order valence-electron chi connectivity index (χ0n) is 21.2. The largest absolute Gasteiger partial charge is 0.233 e. The second-order valence-corrected chi connectivity index (χ2v) is 13.0. The Kier molecular flexibility index (Phi) is 5.50. The summed E-state index contributed by atoms with van der Waals surface area (Å²) in [7, 11) is -3.13. The van der Waals surface area contributed by atoms with Crippen molar-refractivity contribution < 1.29 is 17.2 Å². The fourth-order valence-corrected chi connectivity index (χ4v) is 6.90. The number of hydrogen-bond acceptors (Lipinski definition) is 7. The van der Waals surface area contributed by atoms with E-state index >= 15 is 0 Å². The van der Waals surface area contributed by atoms with E-state index in [0.717, 1.165) is 29.8 Å². The molecule has 3 heterocycles. The first-order valence-corrected chi connectivity index (χ1v) is 14.5. The molecule has 11 heteroatoms. The van der Waals surface area contributed by atoms with Crippen LogP contribution in [0.25, 0.3) is 17.1 Å². The normalized spacial score (nSPS) is 21.6. The minimum absolute atomic E-state index is 0.0304. The summed E-state index contributed by atoms with van der Waals surface area (Å²) in [4.78, 5) is 9.22. The summed E-state index contributed by atoms with van der Waals surface area (Å²) in [5.74, 6) is -0.269. The summed E-state index contributed by atoms with van der Waals surface area (Å²) in [6.45, 7) is 4.37. The lowest BCUT2D eigenvalue weighted by atomic mass is 9.66. The van der Waals surface area contributed by atoms with E-state index in [-0.39, 0.29) is 34.8 Å². The monoisotopic (exact) mass is 536 g/mol. The van der Waals surface area contributed by atoms with Gasteiger partial charge in [-0.25, -0.2) is 31.8 Å². The van der Waals surface area contributed by atoms with E-state index in [0.29, 0.717) is 11.6 Å². The van der Waals surface area contributed by atoms with Crippen molar-refractivity contribution in [1.29, 1.82) is 0 Å². The van der Waals surface area contributed by atoms with E-state index in [1.807, 2.05) is 18.2 Å². The van der Waals surface area contributed by atoms with Crippen LogP contribution in [0.3, 0.4) is 0 Å². The van der Waals surface area contributed by atoms with Gasteiger partial charge in [-0.1, -0.05) is 26.0 Å². The molecular weight excluding hydrogens is 510 g/mol. The third kappa shape index (κ3) is 3.66. The van der Waals surface area contributed by atoms with Gasteiger partial charge in [0, 0.05) is 12.7 Å². The molecule has 0 saturated heterocycles. The lowest BCUT2D eigenvalue weighted by Gasteiger charge is -2.37. The molecule has 0 amide bonds. The zero-order valence-corrected chi connectivity index (χ0v) is 22.0. The molecule has 2 aliphatic rings. The van der Waals surface area contributed by atoms with Gasteiger partial charge in [-0.3, -0.25) is 0 Å². The van der Waals surface area contributed by atoms with Crippen molar-refractivity contribution in [3.05, 3.63) is 83.2 Å². The molecule has 1 fully saturated rings. The molecule has 0 spiro atoms.